The minimum absolute atomic E-state index is 0.0714. The van der Waals surface area contributed by atoms with Crippen molar-refractivity contribution in [2.45, 2.75) is 32.2 Å². The summed E-state index contributed by atoms with van der Waals surface area (Å²) < 4.78 is 5.18. The van der Waals surface area contributed by atoms with Gasteiger partial charge < -0.3 is 10.1 Å². The summed E-state index contributed by atoms with van der Waals surface area (Å²) in [5.74, 6) is -0.333. The third-order valence-electron chi connectivity index (χ3n) is 3.36. The van der Waals surface area contributed by atoms with Crippen LogP contribution < -0.4 is 5.32 Å². The highest BCUT2D eigenvalue weighted by atomic mass is 16.7. The molecule has 1 aliphatic heterocycles. The minimum Gasteiger partial charge on any atom is -0.466 e. The molecule has 2 amide bonds. The van der Waals surface area contributed by atoms with Gasteiger partial charge in [0, 0.05) is 11.3 Å². The molecule has 0 fully saturated rings. The van der Waals surface area contributed by atoms with Gasteiger partial charge in [-0.2, -0.15) is 5.06 Å². The quantitative estimate of drug-likeness (QED) is 0.646. The first-order valence-electron chi connectivity index (χ1n) is 7.06. The van der Waals surface area contributed by atoms with Crippen molar-refractivity contribution in [2.75, 3.05) is 19.0 Å². The van der Waals surface area contributed by atoms with Gasteiger partial charge in [-0.15, -0.1) is 0 Å². The Balaban J connectivity index is 2.14. The Morgan fingerprint density at radius 3 is 2.86 bits per heavy atom. The Morgan fingerprint density at radius 1 is 1.38 bits per heavy atom. The van der Waals surface area contributed by atoms with E-state index in [4.69, 9.17) is 9.57 Å². The maximum Gasteiger partial charge on any atom is 0.346 e. The van der Waals surface area contributed by atoms with Crippen LogP contribution >= 0.6 is 0 Å². The van der Waals surface area contributed by atoms with Gasteiger partial charge >= 0.3 is 12.0 Å². The van der Waals surface area contributed by atoms with Gasteiger partial charge in [-0.05, 0) is 12.5 Å². The second-order valence-corrected chi connectivity index (χ2v) is 4.82. The normalized spacial score (nSPS) is 17.1. The highest BCUT2D eigenvalue weighted by Gasteiger charge is 2.34. The Morgan fingerprint density at radius 2 is 2.14 bits per heavy atom. The third-order valence-corrected chi connectivity index (χ3v) is 3.36. The highest BCUT2D eigenvalue weighted by molar-refractivity contribution is 5.93. The summed E-state index contributed by atoms with van der Waals surface area (Å²) in [6.45, 7) is 2.44. The van der Waals surface area contributed by atoms with E-state index >= 15 is 0 Å². The number of hydroxylamine groups is 2. The highest BCUT2D eigenvalue weighted by Crippen LogP contribution is 2.35. The lowest BCUT2D eigenvalue weighted by Gasteiger charge is -2.34. The molecule has 1 heterocycles. The molecule has 0 spiro atoms. The molecule has 0 saturated carbocycles. The average molecular weight is 292 g/mol. The molecule has 21 heavy (non-hydrogen) atoms. The molecule has 0 radical (unpaired) electrons. The number of ether oxygens (including phenoxy) is 1. The molecule has 6 nitrogen and oxygen atoms in total. The smallest absolute Gasteiger partial charge is 0.346 e. The first-order chi connectivity index (χ1) is 10.2. The molecule has 1 aromatic rings. The number of nitrogens with zero attached hydrogens (tertiary/aromatic N) is 1. The molecule has 1 unspecified atom stereocenters. The topological polar surface area (TPSA) is 67.9 Å². The van der Waals surface area contributed by atoms with Crippen LogP contribution in [0.1, 0.15) is 37.8 Å². The predicted molar refractivity (Wildman–Crippen MR) is 77.5 cm³/mol. The summed E-state index contributed by atoms with van der Waals surface area (Å²) in [7, 11) is 1.41. The standard InChI is InChI=1S/C15H20N2O4/c1-3-4-9-21-14(18)10-13-11-7-5-6-8-12(11)16-15(19)17(13)20-2/h5-8,13H,3-4,9-10H2,1-2H3,(H,16,19). The van der Waals surface area contributed by atoms with E-state index in [0.717, 1.165) is 18.4 Å². The van der Waals surface area contributed by atoms with Crippen molar-refractivity contribution in [1.82, 2.24) is 5.06 Å². The molecular weight excluding hydrogens is 272 g/mol. The number of para-hydroxylation sites is 1. The summed E-state index contributed by atoms with van der Waals surface area (Å²) in [5.41, 5.74) is 1.54. The van der Waals surface area contributed by atoms with Gasteiger partial charge in [0.25, 0.3) is 0 Å². The second-order valence-electron chi connectivity index (χ2n) is 4.82. The molecule has 1 N–H and O–H groups in total. The zero-order chi connectivity index (χ0) is 15.2. The molecule has 1 atom stereocenters. The number of hydrogen-bond acceptors (Lipinski definition) is 4. The number of carbonyl (C=O) groups excluding carboxylic acids is 2. The fourth-order valence-corrected chi connectivity index (χ4v) is 2.29. The van der Waals surface area contributed by atoms with Gasteiger partial charge in [0.15, 0.2) is 0 Å². The number of unbranched alkanes of at least 4 members (excludes halogenated alkanes) is 1. The van der Waals surface area contributed by atoms with Crippen LogP contribution in [0.2, 0.25) is 0 Å². The van der Waals surface area contributed by atoms with Gasteiger partial charge in [0.05, 0.1) is 26.2 Å². The number of urea groups is 1. The molecule has 0 aromatic heterocycles. The fourth-order valence-electron chi connectivity index (χ4n) is 2.29. The maximum atomic E-state index is 12.0. The van der Waals surface area contributed by atoms with E-state index in [9.17, 15) is 9.59 Å². The number of fused-ring (bicyclic) bond motifs is 1. The van der Waals surface area contributed by atoms with Gasteiger partial charge in [0.1, 0.15) is 0 Å². The molecule has 2 rings (SSSR count). The van der Waals surface area contributed by atoms with Crippen molar-refractivity contribution in [3.63, 3.8) is 0 Å². The van der Waals surface area contributed by atoms with E-state index in [2.05, 4.69) is 5.32 Å². The number of esters is 1. The van der Waals surface area contributed by atoms with Crippen molar-refractivity contribution in [2.24, 2.45) is 0 Å². The number of hydrogen-bond donors (Lipinski definition) is 1. The summed E-state index contributed by atoms with van der Waals surface area (Å²) >= 11 is 0. The number of amides is 2. The molecule has 6 heteroatoms. The second kappa shape index (κ2) is 7.08. The first-order valence-corrected chi connectivity index (χ1v) is 7.06. The lowest BCUT2D eigenvalue weighted by atomic mass is 9.99. The summed E-state index contributed by atoms with van der Waals surface area (Å²) in [6.07, 6.45) is 1.87. The first kappa shape index (κ1) is 15.3. The van der Waals surface area contributed by atoms with Gasteiger partial charge in [-0.1, -0.05) is 31.5 Å². The largest absolute Gasteiger partial charge is 0.466 e. The number of benzene rings is 1. The van der Waals surface area contributed by atoms with Crippen molar-refractivity contribution in [1.29, 1.82) is 0 Å². The molecule has 1 aliphatic rings. The predicted octanol–water partition coefficient (Wildman–Crippen LogP) is 2.87. The Labute approximate surface area is 124 Å². The number of carbonyl (C=O) groups is 2. The van der Waals surface area contributed by atoms with Gasteiger partial charge in [-0.25, -0.2) is 4.79 Å². The Kier molecular flexibility index (Phi) is 5.16. The van der Waals surface area contributed by atoms with Crippen LogP contribution in [0.25, 0.3) is 0 Å². The van der Waals surface area contributed by atoms with Gasteiger partial charge in [-0.3, -0.25) is 9.63 Å². The minimum atomic E-state index is -0.478. The Bertz CT molecular complexity index is 518. The van der Waals surface area contributed by atoms with E-state index in [1.54, 1.807) is 6.07 Å². The van der Waals surface area contributed by atoms with Crippen LogP contribution in [0.5, 0.6) is 0 Å². The molecule has 0 saturated heterocycles. The molecule has 0 bridgehead atoms. The van der Waals surface area contributed by atoms with Gasteiger partial charge in [0.2, 0.25) is 0 Å². The van der Waals surface area contributed by atoms with Crippen LogP contribution in [0, 0.1) is 0 Å². The zero-order valence-corrected chi connectivity index (χ0v) is 12.3. The number of anilines is 1. The third kappa shape index (κ3) is 3.52. The van der Waals surface area contributed by atoms with Crippen LogP contribution in [0.15, 0.2) is 24.3 Å². The Hall–Kier alpha value is -2.08. The zero-order valence-electron chi connectivity index (χ0n) is 12.3. The monoisotopic (exact) mass is 292 g/mol. The molecule has 114 valence electrons. The van der Waals surface area contributed by atoms with Crippen LogP contribution in [-0.2, 0) is 14.4 Å². The van der Waals surface area contributed by atoms with Crippen molar-refractivity contribution in [3.05, 3.63) is 29.8 Å². The fraction of sp³-hybridized carbons (Fsp3) is 0.467. The van der Waals surface area contributed by atoms with E-state index in [-0.39, 0.29) is 18.4 Å². The SMILES string of the molecule is CCCCOC(=O)CC1c2ccccc2NC(=O)N1OC. The lowest BCUT2D eigenvalue weighted by Crippen LogP contribution is -2.42. The van der Waals surface area contributed by atoms with Crippen LogP contribution in [-0.4, -0.2) is 30.8 Å². The van der Waals surface area contributed by atoms with E-state index < -0.39 is 6.04 Å². The summed E-state index contributed by atoms with van der Waals surface area (Å²) in [5, 5.41) is 3.90. The van der Waals surface area contributed by atoms with Crippen LogP contribution in [0.3, 0.4) is 0 Å². The van der Waals surface area contributed by atoms with Crippen molar-refractivity contribution >= 4 is 17.7 Å². The van der Waals surface area contributed by atoms with E-state index in [0.29, 0.717) is 12.3 Å². The summed E-state index contributed by atoms with van der Waals surface area (Å²) in [4.78, 5) is 29.0. The molecular formula is C15H20N2O4. The number of nitrogens with one attached hydrogen (secondary N) is 1. The molecule has 1 aromatic carbocycles. The number of rotatable bonds is 6. The van der Waals surface area contributed by atoms with Crippen molar-refractivity contribution < 1.29 is 19.2 Å². The van der Waals surface area contributed by atoms with Crippen molar-refractivity contribution in [3.8, 4) is 0 Å². The molecule has 0 aliphatic carbocycles. The van der Waals surface area contributed by atoms with E-state index in [1.165, 1.54) is 12.2 Å². The summed E-state index contributed by atoms with van der Waals surface area (Å²) in [6, 6.07) is 6.50. The average Bonchev–Trinajstić information content (AvgIpc) is 2.47. The maximum absolute atomic E-state index is 12.0. The lowest BCUT2D eigenvalue weighted by molar-refractivity contribution is -0.153. The van der Waals surface area contributed by atoms with Crippen LogP contribution in [0.4, 0.5) is 10.5 Å². The van der Waals surface area contributed by atoms with E-state index in [1.807, 2.05) is 25.1 Å².